The first kappa shape index (κ1) is 11.7. The van der Waals surface area contributed by atoms with E-state index in [-0.39, 0.29) is 0 Å². The molecule has 0 aromatic heterocycles. The van der Waals surface area contributed by atoms with Crippen molar-refractivity contribution >= 4 is 0 Å². The van der Waals surface area contributed by atoms with Crippen molar-refractivity contribution in [2.45, 2.75) is 57.5 Å². The fourth-order valence-electron chi connectivity index (χ4n) is 3.86. The molecule has 17 heavy (non-hydrogen) atoms. The molecule has 0 bridgehead atoms. The van der Waals surface area contributed by atoms with Crippen LogP contribution in [0.3, 0.4) is 0 Å². The van der Waals surface area contributed by atoms with Gasteiger partial charge in [0.25, 0.3) is 0 Å². The number of rotatable bonds is 2. The highest BCUT2D eigenvalue weighted by Crippen LogP contribution is 2.33. The fourth-order valence-corrected chi connectivity index (χ4v) is 3.86. The molecule has 0 aromatic carbocycles. The quantitative estimate of drug-likeness (QED) is 0.739. The first-order valence-corrected chi connectivity index (χ1v) is 7.45. The Morgan fingerprint density at radius 1 is 1.35 bits per heavy atom. The van der Waals surface area contributed by atoms with Crippen LogP contribution < -0.4 is 5.32 Å². The normalized spacial score (nSPS) is 38.9. The third-order valence-corrected chi connectivity index (χ3v) is 4.95. The number of nitrogens with zero attached hydrogens (tertiary/aromatic N) is 1. The van der Waals surface area contributed by atoms with Crippen LogP contribution in [0.15, 0.2) is 11.6 Å². The van der Waals surface area contributed by atoms with Gasteiger partial charge in [0.05, 0.1) is 0 Å². The molecule has 2 nitrogen and oxygen atoms in total. The Balaban J connectivity index is 1.50. The lowest BCUT2D eigenvalue weighted by molar-refractivity contribution is 0.263. The molecule has 1 aliphatic carbocycles. The first-order valence-electron chi connectivity index (χ1n) is 7.45. The molecule has 0 radical (unpaired) electrons. The minimum absolute atomic E-state index is 0.773. The van der Waals surface area contributed by atoms with Crippen LogP contribution in [-0.2, 0) is 0 Å². The standard InChI is InChI=1S/C15H26N2/c1-12-6-8-17(9-7-12)11-14-10-13-4-2-3-5-15(13)16-14/h6,13-16H,2-5,7-11H2,1H3. The average molecular weight is 234 g/mol. The van der Waals surface area contributed by atoms with E-state index in [1.807, 2.05) is 0 Å². The van der Waals surface area contributed by atoms with Gasteiger partial charge in [-0.15, -0.1) is 0 Å². The molecule has 1 saturated heterocycles. The van der Waals surface area contributed by atoms with Crippen molar-refractivity contribution in [2.24, 2.45) is 5.92 Å². The highest BCUT2D eigenvalue weighted by Gasteiger charge is 2.35. The lowest BCUT2D eigenvalue weighted by Gasteiger charge is -2.28. The third kappa shape index (κ3) is 2.74. The predicted octanol–water partition coefficient (Wildman–Crippen LogP) is 2.56. The molecule has 3 rings (SSSR count). The van der Waals surface area contributed by atoms with E-state index < -0.39 is 0 Å². The molecule has 2 heteroatoms. The summed E-state index contributed by atoms with van der Waals surface area (Å²) < 4.78 is 0. The lowest BCUT2D eigenvalue weighted by atomic mass is 9.85. The van der Waals surface area contributed by atoms with Crippen LogP contribution in [0.2, 0.25) is 0 Å². The van der Waals surface area contributed by atoms with E-state index in [0.717, 1.165) is 18.0 Å². The van der Waals surface area contributed by atoms with E-state index >= 15 is 0 Å². The Kier molecular flexibility index (Phi) is 3.53. The second-order valence-electron chi connectivity index (χ2n) is 6.31. The molecule has 0 aromatic rings. The molecular formula is C15H26N2. The van der Waals surface area contributed by atoms with Crippen molar-refractivity contribution in [3.05, 3.63) is 11.6 Å². The molecule has 2 heterocycles. The van der Waals surface area contributed by atoms with Crippen molar-refractivity contribution in [3.8, 4) is 0 Å². The van der Waals surface area contributed by atoms with E-state index in [2.05, 4.69) is 23.2 Å². The Morgan fingerprint density at radius 2 is 2.24 bits per heavy atom. The van der Waals surface area contributed by atoms with Crippen LogP contribution in [0.25, 0.3) is 0 Å². The van der Waals surface area contributed by atoms with E-state index in [9.17, 15) is 0 Å². The van der Waals surface area contributed by atoms with Crippen LogP contribution in [0, 0.1) is 5.92 Å². The van der Waals surface area contributed by atoms with Crippen molar-refractivity contribution in [3.63, 3.8) is 0 Å². The zero-order valence-electron chi connectivity index (χ0n) is 11.1. The molecular weight excluding hydrogens is 208 g/mol. The molecule has 2 fully saturated rings. The number of hydrogen-bond donors (Lipinski definition) is 1. The molecule has 3 atom stereocenters. The van der Waals surface area contributed by atoms with E-state index in [0.29, 0.717) is 0 Å². The van der Waals surface area contributed by atoms with E-state index in [1.54, 1.807) is 5.57 Å². The highest BCUT2D eigenvalue weighted by atomic mass is 15.2. The number of nitrogens with one attached hydrogen (secondary N) is 1. The minimum atomic E-state index is 0.773. The SMILES string of the molecule is CC1=CCN(CC2CC3CCCCC3N2)CC1. The number of hydrogen-bond acceptors (Lipinski definition) is 2. The highest BCUT2D eigenvalue weighted by molar-refractivity contribution is 5.04. The van der Waals surface area contributed by atoms with Crippen LogP contribution >= 0.6 is 0 Å². The van der Waals surface area contributed by atoms with Gasteiger partial charge in [-0.1, -0.05) is 24.5 Å². The van der Waals surface area contributed by atoms with Gasteiger partial charge >= 0.3 is 0 Å². The van der Waals surface area contributed by atoms with Gasteiger partial charge in [-0.3, -0.25) is 4.90 Å². The molecule has 3 unspecified atom stereocenters. The maximum Gasteiger partial charge on any atom is 0.0201 e. The van der Waals surface area contributed by atoms with Gasteiger partial charge in [0.2, 0.25) is 0 Å². The lowest BCUT2D eigenvalue weighted by Crippen LogP contribution is -2.41. The zero-order valence-corrected chi connectivity index (χ0v) is 11.1. The van der Waals surface area contributed by atoms with Gasteiger partial charge < -0.3 is 5.32 Å². The molecule has 2 aliphatic heterocycles. The largest absolute Gasteiger partial charge is 0.310 e. The first-order chi connectivity index (χ1) is 8.31. The summed E-state index contributed by atoms with van der Waals surface area (Å²) in [5.74, 6) is 0.996. The van der Waals surface area contributed by atoms with Crippen LogP contribution in [0.5, 0.6) is 0 Å². The van der Waals surface area contributed by atoms with E-state index in [4.69, 9.17) is 0 Å². The summed E-state index contributed by atoms with van der Waals surface area (Å²) in [7, 11) is 0. The van der Waals surface area contributed by atoms with Gasteiger partial charge in [0.1, 0.15) is 0 Å². The Hall–Kier alpha value is -0.340. The molecule has 1 N–H and O–H groups in total. The van der Waals surface area contributed by atoms with Gasteiger partial charge in [0.15, 0.2) is 0 Å². The summed E-state index contributed by atoms with van der Waals surface area (Å²) >= 11 is 0. The van der Waals surface area contributed by atoms with Crippen LogP contribution in [0.1, 0.15) is 45.4 Å². The zero-order chi connectivity index (χ0) is 11.7. The molecule has 0 amide bonds. The van der Waals surface area contributed by atoms with Crippen LogP contribution in [0.4, 0.5) is 0 Å². The van der Waals surface area contributed by atoms with Crippen molar-refractivity contribution in [1.82, 2.24) is 10.2 Å². The minimum Gasteiger partial charge on any atom is -0.310 e. The molecule has 0 spiro atoms. The van der Waals surface area contributed by atoms with Crippen LogP contribution in [-0.4, -0.2) is 36.6 Å². The maximum atomic E-state index is 3.89. The summed E-state index contributed by atoms with van der Waals surface area (Å²) in [6.07, 6.45) is 11.0. The number of fused-ring (bicyclic) bond motifs is 1. The van der Waals surface area contributed by atoms with Crippen molar-refractivity contribution in [2.75, 3.05) is 19.6 Å². The fraction of sp³-hybridized carbons (Fsp3) is 0.867. The summed E-state index contributed by atoms with van der Waals surface area (Å²) in [5, 5.41) is 3.89. The predicted molar refractivity (Wildman–Crippen MR) is 72.1 cm³/mol. The third-order valence-electron chi connectivity index (χ3n) is 4.95. The maximum absolute atomic E-state index is 3.89. The second kappa shape index (κ2) is 5.11. The van der Waals surface area contributed by atoms with Gasteiger partial charge in [-0.25, -0.2) is 0 Å². The Morgan fingerprint density at radius 3 is 3.00 bits per heavy atom. The van der Waals surface area contributed by atoms with Crippen molar-refractivity contribution < 1.29 is 0 Å². The monoisotopic (exact) mass is 234 g/mol. The summed E-state index contributed by atoms with van der Waals surface area (Å²) in [4.78, 5) is 2.63. The van der Waals surface area contributed by atoms with Crippen molar-refractivity contribution in [1.29, 1.82) is 0 Å². The van der Waals surface area contributed by atoms with E-state index in [1.165, 1.54) is 58.2 Å². The topological polar surface area (TPSA) is 15.3 Å². The van der Waals surface area contributed by atoms with Gasteiger partial charge in [-0.05, 0) is 38.5 Å². The molecule has 96 valence electrons. The summed E-state index contributed by atoms with van der Waals surface area (Å²) in [6.45, 7) is 5.99. The second-order valence-corrected chi connectivity index (χ2v) is 6.31. The Bertz CT molecular complexity index is 283. The summed E-state index contributed by atoms with van der Waals surface area (Å²) in [6, 6.07) is 1.63. The Labute approximate surface area is 105 Å². The average Bonchev–Trinajstić information content (AvgIpc) is 2.74. The van der Waals surface area contributed by atoms with Gasteiger partial charge in [0, 0.05) is 31.7 Å². The molecule has 1 saturated carbocycles. The smallest absolute Gasteiger partial charge is 0.0201 e. The summed E-state index contributed by atoms with van der Waals surface area (Å²) in [5.41, 5.74) is 1.58. The van der Waals surface area contributed by atoms with Gasteiger partial charge in [-0.2, -0.15) is 0 Å². The molecule has 3 aliphatic rings.